The van der Waals surface area contributed by atoms with E-state index in [1.807, 2.05) is 31.2 Å². The Bertz CT molecular complexity index is 508. The van der Waals surface area contributed by atoms with Gasteiger partial charge in [-0.15, -0.1) is 0 Å². The molecule has 0 aliphatic rings. The zero-order valence-electron chi connectivity index (χ0n) is 8.03. The SMILES string of the molecule is C=CC(=O)n1ccc2cccc(C)c21. The van der Waals surface area contributed by atoms with Crippen LogP contribution < -0.4 is 0 Å². The van der Waals surface area contributed by atoms with Crippen molar-refractivity contribution in [2.75, 3.05) is 0 Å². The molecule has 0 aliphatic carbocycles. The summed E-state index contributed by atoms with van der Waals surface area (Å²) < 4.78 is 1.62. The second-order valence-corrected chi connectivity index (χ2v) is 3.24. The van der Waals surface area contributed by atoms with Gasteiger partial charge in [-0.1, -0.05) is 24.8 Å². The number of nitrogens with zero attached hydrogens (tertiary/aromatic N) is 1. The highest BCUT2D eigenvalue weighted by atomic mass is 16.1. The van der Waals surface area contributed by atoms with Crippen LogP contribution in [0.1, 0.15) is 10.4 Å². The molecule has 0 atom stereocenters. The minimum atomic E-state index is -0.0886. The number of fused-ring (bicyclic) bond motifs is 1. The standard InChI is InChI=1S/C12H11NO/c1-3-11(14)13-8-7-10-6-4-5-9(2)12(10)13/h3-8H,1H2,2H3. The van der Waals surface area contributed by atoms with E-state index in [-0.39, 0.29) is 5.91 Å². The van der Waals surface area contributed by atoms with Crippen LogP contribution in [-0.2, 0) is 0 Å². The van der Waals surface area contributed by atoms with Crippen LogP contribution in [0.3, 0.4) is 0 Å². The van der Waals surface area contributed by atoms with Crippen molar-refractivity contribution in [1.82, 2.24) is 4.57 Å². The lowest BCUT2D eigenvalue weighted by molar-refractivity contribution is 0.0974. The minimum absolute atomic E-state index is 0.0886. The summed E-state index contributed by atoms with van der Waals surface area (Å²) in [5.74, 6) is -0.0886. The van der Waals surface area contributed by atoms with Gasteiger partial charge in [-0.05, 0) is 24.6 Å². The molecule has 0 saturated heterocycles. The zero-order chi connectivity index (χ0) is 10.1. The molecule has 0 amide bonds. The maximum atomic E-state index is 11.5. The minimum Gasteiger partial charge on any atom is -0.283 e. The number of rotatable bonds is 1. The van der Waals surface area contributed by atoms with Gasteiger partial charge in [0.05, 0.1) is 5.52 Å². The van der Waals surface area contributed by atoms with Gasteiger partial charge in [0.25, 0.3) is 5.91 Å². The number of para-hydroxylation sites is 1. The highest BCUT2D eigenvalue weighted by Crippen LogP contribution is 2.19. The Morgan fingerprint density at radius 2 is 2.21 bits per heavy atom. The molecule has 0 N–H and O–H groups in total. The molecule has 0 radical (unpaired) electrons. The number of allylic oxidation sites excluding steroid dienone is 1. The molecule has 70 valence electrons. The summed E-state index contributed by atoms with van der Waals surface area (Å²) >= 11 is 0. The van der Waals surface area contributed by atoms with Crippen molar-refractivity contribution in [3.8, 4) is 0 Å². The number of carbonyl (C=O) groups is 1. The number of carbonyl (C=O) groups excluding carboxylic acids is 1. The Morgan fingerprint density at radius 3 is 2.93 bits per heavy atom. The van der Waals surface area contributed by atoms with Crippen LogP contribution in [0.25, 0.3) is 10.9 Å². The lowest BCUT2D eigenvalue weighted by Crippen LogP contribution is -2.05. The van der Waals surface area contributed by atoms with E-state index in [9.17, 15) is 4.79 Å². The van der Waals surface area contributed by atoms with Crippen LogP contribution in [0.15, 0.2) is 43.1 Å². The molecule has 2 aromatic rings. The van der Waals surface area contributed by atoms with Gasteiger partial charge in [-0.2, -0.15) is 0 Å². The van der Waals surface area contributed by atoms with Gasteiger partial charge in [0.15, 0.2) is 0 Å². The molecule has 1 aromatic heterocycles. The van der Waals surface area contributed by atoms with E-state index in [0.29, 0.717) is 0 Å². The van der Waals surface area contributed by atoms with Crippen LogP contribution in [0.4, 0.5) is 0 Å². The molecule has 2 nitrogen and oxygen atoms in total. The number of aromatic nitrogens is 1. The summed E-state index contributed by atoms with van der Waals surface area (Å²) in [5, 5.41) is 1.08. The van der Waals surface area contributed by atoms with Crippen molar-refractivity contribution in [2.45, 2.75) is 6.92 Å². The molecule has 0 aliphatic heterocycles. The average Bonchev–Trinajstić information content (AvgIpc) is 2.62. The smallest absolute Gasteiger partial charge is 0.254 e. The van der Waals surface area contributed by atoms with Crippen LogP contribution in [0.5, 0.6) is 0 Å². The fourth-order valence-electron chi connectivity index (χ4n) is 1.66. The van der Waals surface area contributed by atoms with E-state index >= 15 is 0 Å². The van der Waals surface area contributed by atoms with Gasteiger partial charge in [-0.25, -0.2) is 0 Å². The largest absolute Gasteiger partial charge is 0.283 e. The van der Waals surface area contributed by atoms with Crippen molar-refractivity contribution in [3.63, 3.8) is 0 Å². The van der Waals surface area contributed by atoms with Gasteiger partial charge in [-0.3, -0.25) is 9.36 Å². The van der Waals surface area contributed by atoms with E-state index in [1.165, 1.54) is 6.08 Å². The molecular weight excluding hydrogens is 174 g/mol. The van der Waals surface area contributed by atoms with Crippen LogP contribution >= 0.6 is 0 Å². The van der Waals surface area contributed by atoms with E-state index < -0.39 is 0 Å². The second kappa shape index (κ2) is 3.14. The summed E-state index contributed by atoms with van der Waals surface area (Å²) in [6, 6.07) is 7.91. The highest BCUT2D eigenvalue weighted by Gasteiger charge is 2.06. The maximum absolute atomic E-state index is 11.5. The lowest BCUT2D eigenvalue weighted by atomic mass is 10.2. The second-order valence-electron chi connectivity index (χ2n) is 3.24. The quantitative estimate of drug-likeness (QED) is 0.626. The summed E-state index contributed by atoms with van der Waals surface area (Å²) in [4.78, 5) is 11.5. The molecule has 14 heavy (non-hydrogen) atoms. The first-order valence-corrected chi connectivity index (χ1v) is 4.47. The van der Waals surface area contributed by atoms with Gasteiger partial charge in [0.1, 0.15) is 0 Å². The van der Waals surface area contributed by atoms with E-state index in [1.54, 1.807) is 10.8 Å². The highest BCUT2D eigenvalue weighted by molar-refractivity contribution is 5.98. The monoisotopic (exact) mass is 185 g/mol. The summed E-state index contributed by atoms with van der Waals surface area (Å²) in [7, 11) is 0. The number of hydrogen-bond donors (Lipinski definition) is 0. The first-order chi connectivity index (χ1) is 6.74. The molecule has 0 fully saturated rings. The van der Waals surface area contributed by atoms with E-state index in [2.05, 4.69) is 6.58 Å². The van der Waals surface area contributed by atoms with Crippen LogP contribution in [0.2, 0.25) is 0 Å². The lowest BCUT2D eigenvalue weighted by Gasteiger charge is -2.02. The van der Waals surface area contributed by atoms with Crippen LogP contribution in [-0.4, -0.2) is 10.5 Å². The topological polar surface area (TPSA) is 22.0 Å². The molecule has 0 spiro atoms. The normalized spacial score (nSPS) is 10.4. The fourth-order valence-corrected chi connectivity index (χ4v) is 1.66. The first kappa shape index (κ1) is 8.75. The summed E-state index contributed by atoms with van der Waals surface area (Å²) in [6.07, 6.45) is 3.10. The Balaban J connectivity index is 2.79. The van der Waals surface area contributed by atoms with Crippen molar-refractivity contribution in [2.24, 2.45) is 0 Å². The van der Waals surface area contributed by atoms with Crippen molar-refractivity contribution in [1.29, 1.82) is 0 Å². The molecule has 0 bridgehead atoms. The molecule has 2 heteroatoms. The van der Waals surface area contributed by atoms with Gasteiger partial charge in [0.2, 0.25) is 0 Å². The third kappa shape index (κ3) is 1.16. The zero-order valence-corrected chi connectivity index (χ0v) is 8.03. The molecule has 1 aromatic carbocycles. The van der Waals surface area contributed by atoms with Gasteiger partial charge >= 0.3 is 0 Å². The van der Waals surface area contributed by atoms with Crippen molar-refractivity contribution < 1.29 is 4.79 Å². The van der Waals surface area contributed by atoms with Crippen molar-refractivity contribution in [3.05, 3.63) is 48.7 Å². The number of benzene rings is 1. The van der Waals surface area contributed by atoms with E-state index in [4.69, 9.17) is 0 Å². The van der Waals surface area contributed by atoms with Gasteiger partial charge < -0.3 is 0 Å². The predicted octanol–water partition coefficient (Wildman–Crippen LogP) is 2.78. The molecule has 2 rings (SSSR count). The third-order valence-electron chi connectivity index (χ3n) is 2.33. The van der Waals surface area contributed by atoms with E-state index in [0.717, 1.165) is 16.5 Å². The average molecular weight is 185 g/mol. The predicted molar refractivity (Wildman–Crippen MR) is 57.5 cm³/mol. The Hall–Kier alpha value is -1.83. The fraction of sp³-hybridized carbons (Fsp3) is 0.0833. The summed E-state index contributed by atoms with van der Waals surface area (Å²) in [6.45, 7) is 5.48. The molecule has 0 saturated carbocycles. The molecular formula is C12H11NO. The van der Waals surface area contributed by atoms with Crippen LogP contribution in [0, 0.1) is 6.92 Å². The molecule has 1 heterocycles. The summed E-state index contributed by atoms with van der Waals surface area (Å²) in [5.41, 5.74) is 2.07. The molecule has 0 unspecified atom stereocenters. The Kier molecular flexibility index (Phi) is 1.97. The first-order valence-electron chi connectivity index (χ1n) is 4.47. The van der Waals surface area contributed by atoms with Crippen molar-refractivity contribution >= 4 is 16.8 Å². The third-order valence-corrected chi connectivity index (χ3v) is 2.33. The maximum Gasteiger partial charge on any atom is 0.254 e. The Morgan fingerprint density at radius 1 is 1.43 bits per heavy atom. The Labute approximate surface area is 82.5 Å². The number of aryl methyl sites for hydroxylation is 1. The number of hydrogen-bond acceptors (Lipinski definition) is 1. The van der Waals surface area contributed by atoms with Gasteiger partial charge in [0, 0.05) is 11.6 Å².